The van der Waals surface area contributed by atoms with Crippen LogP contribution in [0.4, 0.5) is 5.69 Å². The van der Waals surface area contributed by atoms with E-state index in [0.29, 0.717) is 28.3 Å². The summed E-state index contributed by atoms with van der Waals surface area (Å²) in [5, 5.41) is 6.21. The van der Waals surface area contributed by atoms with Crippen molar-refractivity contribution in [1.29, 1.82) is 0 Å². The largest absolute Gasteiger partial charge is 0.497 e. The fourth-order valence-corrected chi connectivity index (χ4v) is 2.72. The lowest BCUT2D eigenvalue weighted by atomic mass is 10.2. The van der Waals surface area contributed by atoms with E-state index in [1.165, 1.54) is 13.3 Å². The Balaban J connectivity index is 1.49. The molecule has 2 amide bonds. The van der Waals surface area contributed by atoms with Gasteiger partial charge in [0, 0.05) is 10.2 Å². The molecule has 0 fully saturated rings. The average molecular weight is 496 g/mol. The smallest absolute Gasteiger partial charge is 0.343 e. The van der Waals surface area contributed by atoms with Gasteiger partial charge in [-0.1, -0.05) is 15.9 Å². The Morgan fingerprint density at radius 2 is 1.47 bits per heavy atom. The van der Waals surface area contributed by atoms with E-state index >= 15 is 0 Å². The summed E-state index contributed by atoms with van der Waals surface area (Å²) in [7, 11) is 1.53. The van der Waals surface area contributed by atoms with Gasteiger partial charge in [0.1, 0.15) is 11.5 Å². The molecular formula is C23H18BrN3O5. The summed E-state index contributed by atoms with van der Waals surface area (Å²) in [4.78, 5) is 35.9. The van der Waals surface area contributed by atoms with Crippen molar-refractivity contribution in [2.75, 3.05) is 12.4 Å². The zero-order valence-electron chi connectivity index (χ0n) is 16.9. The molecule has 2 N–H and O–H groups in total. The molecule has 0 spiro atoms. The van der Waals surface area contributed by atoms with Crippen LogP contribution in [-0.4, -0.2) is 31.1 Å². The van der Waals surface area contributed by atoms with Crippen LogP contribution in [-0.2, 0) is 9.59 Å². The molecule has 0 aliphatic heterocycles. The third-order valence-electron chi connectivity index (χ3n) is 4.10. The third-order valence-corrected chi connectivity index (χ3v) is 4.63. The number of carbonyl (C=O) groups is 3. The van der Waals surface area contributed by atoms with Crippen molar-refractivity contribution >= 4 is 45.6 Å². The van der Waals surface area contributed by atoms with Gasteiger partial charge >= 0.3 is 17.8 Å². The maximum atomic E-state index is 12.1. The van der Waals surface area contributed by atoms with Gasteiger partial charge in [0.15, 0.2) is 0 Å². The van der Waals surface area contributed by atoms with Crippen molar-refractivity contribution < 1.29 is 23.9 Å². The third kappa shape index (κ3) is 6.51. The Hall–Kier alpha value is -3.98. The summed E-state index contributed by atoms with van der Waals surface area (Å²) in [6, 6.07) is 19.8. The molecule has 0 aliphatic rings. The second-order valence-electron chi connectivity index (χ2n) is 6.35. The summed E-state index contributed by atoms with van der Waals surface area (Å²) in [5.41, 5.74) is 3.65. The number of rotatable bonds is 6. The van der Waals surface area contributed by atoms with E-state index in [0.717, 1.165) is 4.47 Å². The van der Waals surface area contributed by atoms with Crippen molar-refractivity contribution in [2.45, 2.75) is 0 Å². The van der Waals surface area contributed by atoms with Crippen molar-refractivity contribution in [2.24, 2.45) is 5.10 Å². The number of benzene rings is 3. The van der Waals surface area contributed by atoms with E-state index in [2.05, 4.69) is 31.8 Å². The fraction of sp³-hybridized carbons (Fsp3) is 0.0435. The van der Waals surface area contributed by atoms with Crippen molar-refractivity contribution in [1.82, 2.24) is 5.43 Å². The Bertz CT molecular complexity index is 1130. The highest BCUT2D eigenvalue weighted by molar-refractivity contribution is 9.10. The Kier molecular flexibility index (Phi) is 7.71. The summed E-state index contributed by atoms with van der Waals surface area (Å²) in [6.07, 6.45) is 1.36. The monoisotopic (exact) mass is 495 g/mol. The van der Waals surface area contributed by atoms with Gasteiger partial charge in [0.05, 0.1) is 18.9 Å². The number of methoxy groups -OCH3 is 1. The molecular weight excluding hydrogens is 478 g/mol. The number of hydrogen-bond donors (Lipinski definition) is 2. The summed E-state index contributed by atoms with van der Waals surface area (Å²) in [6.45, 7) is 0. The first-order chi connectivity index (χ1) is 15.4. The number of amides is 2. The first-order valence-electron chi connectivity index (χ1n) is 9.31. The lowest BCUT2D eigenvalue weighted by Crippen LogP contribution is -2.32. The van der Waals surface area contributed by atoms with E-state index in [4.69, 9.17) is 9.47 Å². The lowest BCUT2D eigenvalue weighted by Gasteiger charge is -2.05. The number of nitrogens with zero attached hydrogens (tertiary/aromatic N) is 1. The molecule has 0 aliphatic carbocycles. The van der Waals surface area contributed by atoms with Crippen LogP contribution < -0.4 is 20.2 Å². The first kappa shape index (κ1) is 22.7. The number of hydrazone groups is 1. The highest BCUT2D eigenvalue weighted by atomic mass is 79.9. The minimum atomic E-state index is -0.919. The topological polar surface area (TPSA) is 106 Å². The predicted octanol–water partition coefficient (Wildman–Crippen LogP) is 3.77. The van der Waals surface area contributed by atoms with Crippen LogP contribution in [0.25, 0.3) is 0 Å². The van der Waals surface area contributed by atoms with Crippen LogP contribution in [0.15, 0.2) is 82.4 Å². The van der Waals surface area contributed by atoms with Gasteiger partial charge in [0.25, 0.3) is 0 Å². The van der Waals surface area contributed by atoms with Crippen molar-refractivity contribution in [3.8, 4) is 11.5 Å². The van der Waals surface area contributed by atoms with Gasteiger partial charge in [-0.15, -0.1) is 0 Å². The molecule has 3 rings (SSSR count). The molecule has 9 heteroatoms. The van der Waals surface area contributed by atoms with E-state index in [9.17, 15) is 14.4 Å². The molecule has 3 aromatic rings. The van der Waals surface area contributed by atoms with Crippen LogP contribution in [0.1, 0.15) is 15.9 Å². The number of esters is 1. The summed E-state index contributed by atoms with van der Waals surface area (Å²) < 4.78 is 11.2. The van der Waals surface area contributed by atoms with Gasteiger partial charge in [-0.25, -0.2) is 10.2 Å². The van der Waals surface area contributed by atoms with Gasteiger partial charge in [-0.3, -0.25) is 9.59 Å². The highest BCUT2D eigenvalue weighted by Crippen LogP contribution is 2.16. The van der Waals surface area contributed by atoms with Crippen LogP contribution in [0.3, 0.4) is 0 Å². The van der Waals surface area contributed by atoms with Crippen LogP contribution in [0.2, 0.25) is 0 Å². The summed E-state index contributed by atoms with van der Waals surface area (Å²) >= 11 is 3.31. The number of anilines is 1. The molecule has 0 heterocycles. The lowest BCUT2D eigenvalue weighted by molar-refractivity contribution is -0.136. The second kappa shape index (κ2) is 10.9. The van der Waals surface area contributed by atoms with E-state index in [1.807, 2.05) is 0 Å². The van der Waals surface area contributed by atoms with Gasteiger partial charge < -0.3 is 14.8 Å². The molecule has 0 radical (unpaired) electrons. The van der Waals surface area contributed by atoms with Gasteiger partial charge in [0.2, 0.25) is 0 Å². The number of nitrogens with one attached hydrogen (secondary N) is 2. The summed E-state index contributed by atoms with van der Waals surface area (Å²) in [5.74, 6) is -1.27. The normalized spacial score (nSPS) is 10.4. The molecule has 162 valence electrons. The van der Waals surface area contributed by atoms with Crippen LogP contribution >= 0.6 is 15.9 Å². The van der Waals surface area contributed by atoms with E-state index < -0.39 is 17.8 Å². The Morgan fingerprint density at radius 3 is 2.09 bits per heavy atom. The molecule has 32 heavy (non-hydrogen) atoms. The zero-order valence-corrected chi connectivity index (χ0v) is 18.5. The quantitative estimate of drug-likeness (QED) is 0.178. The number of halogens is 1. The molecule has 0 bridgehead atoms. The SMILES string of the molecule is COc1ccc(NC(=O)C(=O)N/N=C/c2ccc(OC(=O)c3ccc(Br)cc3)cc2)cc1. The zero-order chi connectivity index (χ0) is 22.9. The van der Waals surface area contributed by atoms with E-state index in [1.54, 1.807) is 72.8 Å². The molecule has 0 saturated carbocycles. The number of ether oxygens (including phenoxy) is 2. The van der Waals surface area contributed by atoms with Crippen molar-refractivity contribution in [3.63, 3.8) is 0 Å². The van der Waals surface area contributed by atoms with Gasteiger partial charge in [-0.05, 0) is 78.4 Å². The predicted molar refractivity (Wildman–Crippen MR) is 123 cm³/mol. The van der Waals surface area contributed by atoms with Crippen molar-refractivity contribution in [3.05, 3.63) is 88.4 Å². The Morgan fingerprint density at radius 1 is 0.844 bits per heavy atom. The Labute approximate surface area is 192 Å². The first-order valence-corrected chi connectivity index (χ1v) is 10.1. The van der Waals surface area contributed by atoms with E-state index in [-0.39, 0.29) is 0 Å². The van der Waals surface area contributed by atoms with Crippen LogP contribution in [0, 0.1) is 0 Å². The number of hydrogen-bond acceptors (Lipinski definition) is 6. The fourth-order valence-electron chi connectivity index (χ4n) is 2.45. The maximum absolute atomic E-state index is 12.1. The molecule has 3 aromatic carbocycles. The number of carbonyl (C=O) groups excluding carboxylic acids is 3. The molecule has 8 nitrogen and oxygen atoms in total. The maximum Gasteiger partial charge on any atom is 0.343 e. The molecule has 0 saturated heterocycles. The molecule has 0 atom stereocenters. The van der Waals surface area contributed by atoms with Crippen LogP contribution in [0.5, 0.6) is 11.5 Å². The highest BCUT2D eigenvalue weighted by Gasteiger charge is 2.13. The molecule has 0 unspecified atom stereocenters. The second-order valence-corrected chi connectivity index (χ2v) is 7.26. The minimum absolute atomic E-state index is 0.359. The average Bonchev–Trinajstić information content (AvgIpc) is 2.81. The minimum Gasteiger partial charge on any atom is -0.497 e. The standard InChI is InChI=1S/C23H18BrN3O5/c1-31-19-12-8-18(9-13-19)26-21(28)22(29)27-25-14-15-2-10-20(11-3-15)32-23(30)16-4-6-17(24)7-5-16/h2-14H,1H3,(H,26,28)(H,27,29)/b25-14+. The molecule has 0 aromatic heterocycles. The van der Waals surface area contributed by atoms with Gasteiger partial charge in [-0.2, -0.15) is 5.10 Å².